The standard InChI is InChI=1S/C13H14N2O2/c1-16-10-4-2-9(3-5-10)8-12-11-6-7-14-13(11)17-15-12/h2-5,14H,6-8H2,1H3. The minimum Gasteiger partial charge on any atom is -0.497 e. The molecule has 17 heavy (non-hydrogen) atoms. The maximum Gasteiger partial charge on any atom is 0.228 e. The van der Waals surface area contributed by atoms with Crippen LogP contribution in [0.5, 0.6) is 5.75 Å². The molecular formula is C13H14N2O2. The first kappa shape index (κ1) is 10.2. The summed E-state index contributed by atoms with van der Waals surface area (Å²) in [6.07, 6.45) is 1.81. The molecule has 88 valence electrons. The Kier molecular flexibility index (Phi) is 2.48. The molecule has 2 aromatic rings. The Bertz CT molecular complexity index is 517. The predicted octanol–water partition coefficient (Wildman–Crippen LogP) is 2.24. The lowest BCUT2D eigenvalue weighted by atomic mass is 10.1. The van der Waals surface area contributed by atoms with Crippen LogP contribution in [-0.2, 0) is 12.8 Å². The third-order valence-corrected chi connectivity index (χ3v) is 3.06. The summed E-state index contributed by atoms with van der Waals surface area (Å²) in [5.41, 5.74) is 3.48. The van der Waals surface area contributed by atoms with Crippen molar-refractivity contribution >= 4 is 5.88 Å². The summed E-state index contributed by atoms with van der Waals surface area (Å²) in [4.78, 5) is 0. The second-order valence-corrected chi connectivity index (χ2v) is 4.14. The lowest BCUT2D eigenvalue weighted by Gasteiger charge is -2.02. The number of hydrogen-bond donors (Lipinski definition) is 1. The monoisotopic (exact) mass is 230 g/mol. The molecule has 0 saturated carbocycles. The van der Waals surface area contributed by atoms with E-state index in [2.05, 4.69) is 22.6 Å². The summed E-state index contributed by atoms with van der Waals surface area (Å²) in [5, 5.41) is 7.28. The van der Waals surface area contributed by atoms with Gasteiger partial charge < -0.3 is 14.6 Å². The van der Waals surface area contributed by atoms with Gasteiger partial charge in [-0.05, 0) is 24.1 Å². The van der Waals surface area contributed by atoms with Gasteiger partial charge in [0.1, 0.15) is 5.75 Å². The summed E-state index contributed by atoms with van der Waals surface area (Å²) >= 11 is 0. The van der Waals surface area contributed by atoms with Gasteiger partial charge in [0.05, 0.1) is 12.8 Å². The number of nitrogens with one attached hydrogen (secondary N) is 1. The lowest BCUT2D eigenvalue weighted by Crippen LogP contribution is -1.95. The summed E-state index contributed by atoms with van der Waals surface area (Å²) in [7, 11) is 1.67. The molecule has 2 heterocycles. The van der Waals surface area contributed by atoms with E-state index >= 15 is 0 Å². The van der Waals surface area contributed by atoms with Crippen molar-refractivity contribution in [1.82, 2.24) is 5.16 Å². The number of aromatic nitrogens is 1. The van der Waals surface area contributed by atoms with E-state index in [1.165, 1.54) is 11.1 Å². The summed E-state index contributed by atoms with van der Waals surface area (Å²) in [6.45, 7) is 0.951. The maximum absolute atomic E-state index is 5.24. The number of benzene rings is 1. The van der Waals surface area contributed by atoms with E-state index in [9.17, 15) is 0 Å². The Labute approximate surface area is 99.6 Å². The van der Waals surface area contributed by atoms with E-state index in [1.54, 1.807) is 7.11 Å². The minimum atomic E-state index is 0.810. The number of nitrogens with zero attached hydrogens (tertiary/aromatic N) is 1. The average Bonchev–Trinajstić information content (AvgIpc) is 2.95. The Morgan fingerprint density at radius 3 is 2.94 bits per heavy atom. The zero-order valence-corrected chi connectivity index (χ0v) is 9.69. The van der Waals surface area contributed by atoms with Crippen molar-refractivity contribution < 1.29 is 9.26 Å². The number of hydrogen-bond acceptors (Lipinski definition) is 4. The third-order valence-electron chi connectivity index (χ3n) is 3.06. The van der Waals surface area contributed by atoms with Crippen LogP contribution in [0.25, 0.3) is 0 Å². The van der Waals surface area contributed by atoms with Gasteiger partial charge in [-0.25, -0.2) is 0 Å². The van der Waals surface area contributed by atoms with E-state index in [4.69, 9.17) is 9.26 Å². The quantitative estimate of drug-likeness (QED) is 0.878. The highest BCUT2D eigenvalue weighted by atomic mass is 16.5. The van der Waals surface area contributed by atoms with E-state index in [0.717, 1.165) is 36.7 Å². The molecule has 0 spiro atoms. The van der Waals surface area contributed by atoms with Gasteiger partial charge in [0, 0.05) is 18.5 Å². The average molecular weight is 230 g/mol. The Morgan fingerprint density at radius 1 is 1.35 bits per heavy atom. The summed E-state index contributed by atoms with van der Waals surface area (Å²) < 4.78 is 10.4. The first-order valence-electron chi connectivity index (χ1n) is 5.71. The fourth-order valence-electron chi connectivity index (χ4n) is 2.12. The molecule has 0 saturated heterocycles. The van der Waals surface area contributed by atoms with E-state index in [1.807, 2.05) is 12.1 Å². The molecule has 1 aromatic carbocycles. The molecule has 0 fully saturated rings. The molecule has 4 heteroatoms. The molecule has 4 nitrogen and oxygen atoms in total. The molecule has 0 bridgehead atoms. The first-order chi connectivity index (χ1) is 8.36. The number of ether oxygens (including phenoxy) is 1. The lowest BCUT2D eigenvalue weighted by molar-refractivity contribution is 0.414. The topological polar surface area (TPSA) is 47.3 Å². The largest absolute Gasteiger partial charge is 0.497 e. The highest BCUT2D eigenvalue weighted by Gasteiger charge is 2.20. The van der Waals surface area contributed by atoms with Crippen molar-refractivity contribution in [2.75, 3.05) is 19.0 Å². The zero-order chi connectivity index (χ0) is 11.7. The first-order valence-corrected chi connectivity index (χ1v) is 5.71. The third kappa shape index (κ3) is 1.86. The van der Waals surface area contributed by atoms with Crippen LogP contribution in [0.4, 0.5) is 5.88 Å². The van der Waals surface area contributed by atoms with Crippen molar-refractivity contribution in [2.24, 2.45) is 0 Å². The van der Waals surface area contributed by atoms with Gasteiger partial charge in [-0.1, -0.05) is 17.3 Å². The van der Waals surface area contributed by atoms with E-state index in [0.29, 0.717) is 0 Å². The maximum atomic E-state index is 5.24. The zero-order valence-electron chi connectivity index (χ0n) is 9.69. The van der Waals surface area contributed by atoms with Gasteiger partial charge >= 0.3 is 0 Å². The molecule has 1 aromatic heterocycles. The van der Waals surface area contributed by atoms with Crippen LogP contribution in [0.15, 0.2) is 28.8 Å². The van der Waals surface area contributed by atoms with Crippen LogP contribution in [0.2, 0.25) is 0 Å². The van der Waals surface area contributed by atoms with E-state index in [-0.39, 0.29) is 0 Å². The summed E-state index contributed by atoms with van der Waals surface area (Å²) in [5.74, 6) is 1.72. The molecule has 1 N–H and O–H groups in total. The van der Waals surface area contributed by atoms with E-state index < -0.39 is 0 Å². The van der Waals surface area contributed by atoms with Gasteiger partial charge in [-0.15, -0.1) is 0 Å². The fraction of sp³-hybridized carbons (Fsp3) is 0.308. The van der Waals surface area contributed by atoms with Crippen molar-refractivity contribution in [3.63, 3.8) is 0 Å². The molecule has 0 unspecified atom stereocenters. The Morgan fingerprint density at radius 2 is 2.18 bits per heavy atom. The Hall–Kier alpha value is -1.97. The van der Waals surface area contributed by atoms with Crippen molar-refractivity contribution in [1.29, 1.82) is 0 Å². The molecular weight excluding hydrogens is 216 g/mol. The highest BCUT2D eigenvalue weighted by molar-refractivity contribution is 5.49. The van der Waals surface area contributed by atoms with Crippen molar-refractivity contribution in [2.45, 2.75) is 12.8 Å². The van der Waals surface area contributed by atoms with Crippen LogP contribution in [-0.4, -0.2) is 18.8 Å². The van der Waals surface area contributed by atoms with Gasteiger partial charge in [0.2, 0.25) is 5.88 Å². The normalized spacial score (nSPS) is 13.2. The number of fused-ring (bicyclic) bond motifs is 1. The fourth-order valence-corrected chi connectivity index (χ4v) is 2.12. The van der Waals surface area contributed by atoms with Gasteiger partial charge in [0.15, 0.2) is 0 Å². The minimum absolute atomic E-state index is 0.810. The molecule has 1 aliphatic heterocycles. The summed E-state index contributed by atoms with van der Waals surface area (Å²) in [6, 6.07) is 8.05. The van der Waals surface area contributed by atoms with Crippen LogP contribution in [0.3, 0.4) is 0 Å². The van der Waals surface area contributed by atoms with Gasteiger partial charge in [0.25, 0.3) is 0 Å². The van der Waals surface area contributed by atoms with Crippen LogP contribution in [0, 0.1) is 0 Å². The van der Waals surface area contributed by atoms with Crippen LogP contribution >= 0.6 is 0 Å². The second-order valence-electron chi connectivity index (χ2n) is 4.14. The molecule has 3 rings (SSSR count). The number of rotatable bonds is 3. The van der Waals surface area contributed by atoms with Gasteiger partial charge in [-0.2, -0.15) is 0 Å². The second kappa shape index (κ2) is 4.13. The highest BCUT2D eigenvalue weighted by Crippen LogP contribution is 2.27. The van der Waals surface area contributed by atoms with Crippen molar-refractivity contribution in [3.05, 3.63) is 41.1 Å². The molecule has 0 radical (unpaired) electrons. The smallest absolute Gasteiger partial charge is 0.228 e. The Balaban J connectivity index is 1.81. The van der Waals surface area contributed by atoms with Crippen LogP contribution < -0.4 is 10.1 Å². The molecule has 0 amide bonds. The van der Waals surface area contributed by atoms with Gasteiger partial charge in [-0.3, -0.25) is 0 Å². The van der Waals surface area contributed by atoms with Crippen molar-refractivity contribution in [3.8, 4) is 5.75 Å². The molecule has 0 atom stereocenters. The number of anilines is 1. The SMILES string of the molecule is COc1ccc(Cc2noc3c2CCN3)cc1. The molecule has 1 aliphatic rings. The van der Waals surface area contributed by atoms with Crippen LogP contribution in [0.1, 0.15) is 16.8 Å². The number of methoxy groups -OCH3 is 1. The molecule has 0 aliphatic carbocycles. The predicted molar refractivity (Wildman–Crippen MR) is 64.5 cm³/mol.